The van der Waals surface area contributed by atoms with Crippen LogP contribution in [0.25, 0.3) is 11.3 Å². The first kappa shape index (κ1) is 14.2. The Morgan fingerprint density at radius 3 is 2.70 bits per heavy atom. The van der Waals surface area contributed by atoms with Gasteiger partial charge in [-0.1, -0.05) is 18.2 Å². The molecule has 0 atom stereocenters. The van der Waals surface area contributed by atoms with Gasteiger partial charge in [0.05, 0.1) is 17.9 Å². The maximum absolute atomic E-state index is 11.8. The Kier molecular flexibility index (Phi) is 4.50. The van der Waals surface area contributed by atoms with Gasteiger partial charge >= 0.3 is 13.1 Å². The normalized spacial score (nSPS) is 10.2. The van der Waals surface area contributed by atoms with Gasteiger partial charge in [0.2, 0.25) is 0 Å². The van der Waals surface area contributed by atoms with E-state index in [0.29, 0.717) is 11.3 Å². The molecule has 0 radical (unpaired) electrons. The van der Waals surface area contributed by atoms with E-state index in [1.165, 1.54) is 12.1 Å². The molecule has 2 N–H and O–H groups in total. The molecule has 5 nitrogen and oxygen atoms in total. The molecule has 0 aliphatic carbocycles. The van der Waals surface area contributed by atoms with E-state index in [-0.39, 0.29) is 17.6 Å². The van der Waals surface area contributed by atoms with Crippen molar-refractivity contribution in [2.24, 2.45) is 0 Å². The molecule has 0 bridgehead atoms. The van der Waals surface area contributed by atoms with Crippen LogP contribution in [0.1, 0.15) is 17.3 Å². The van der Waals surface area contributed by atoms with Gasteiger partial charge in [-0.15, -0.1) is 0 Å². The molecule has 20 heavy (non-hydrogen) atoms. The van der Waals surface area contributed by atoms with Crippen LogP contribution in [0.5, 0.6) is 0 Å². The molecule has 1 aromatic carbocycles. The van der Waals surface area contributed by atoms with Crippen LogP contribution in [0.2, 0.25) is 0 Å². The van der Waals surface area contributed by atoms with Gasteiger partial charge in [0.15, 0.2) is 0 Å². The Morgan fingerprint density at radius 1 is 1.30 bits per heavy atom. The fourth-order valence-electron chi connectivity index (χ4n) is 1.86. The standard InChI is InChI=1S/C14H14BNO4/c1-2-20-14(17)11-7-6-10(9-12(11)15(18)19)13-5-3-4-8-16-13/h3-9,18-19H,2H2,1H3. The van der Waals surface area contributed by atoms with E-state index in [0.717, 1.165) is 0 Å². The van der Waals surface area contributed by atoms with Crippen molar-refractivity contribution in [1.82, 2.24) is 4.98 Å². The Balaban J connectivity index is 2.45. The number of esters is 1. The number of benzene rings is 1. The van der Waals surface area contributed by atoms with Crippen LogP contribution in [0.15, 0.2) is 42.6 Å². The van der Waals surface area contributed by atoms with Crippen molar-refractivity contribution in [1.29, 1.82) is 0 Å². The Hall–Kier alpha value is -2.18. The Morgan fingerprint density at radius 2 is 2.10 bits per heavy atom. The third kappa shape index (κ3) is 3.04. The van der Waals surface area contributed by atoms with E-state index in [2.05, 4.69) is 4.98 Å². The van der Waals surface area contributed by atoms with Crippen molar-refractivity contribution in [2.45, 2.75) is 6.92 Å². The highest BCUT2D eigenvalue weighted by molar-refractivity contribution is 6.60. The minimum absolute atomic E-state index is 0.103. The summed E-state index contributed by atoms with van der Waals surface area (Å²) >= 11 is 0. The van der Waals surface area contributed by atoms with Crippen LogP contribution < -0.4 is 5.46 Å². The summed E-state index contributed by atoms with van der Waals surface area (Å²) in [6.07, 6.45) is 1.64. The lowest BCUT2D eigenvalue weighted by Gasteiger charge is -2.10. The second-order valence-electron chi connectivity index (χ2n) is 4.11. The molecule has 1 heterocycles. The number of nitrogens with zero attached hydrogens (tertiary/aromatic N) is 1. The maximum Gasteiger partial charge on any atom is 0.489 e. The summed E-state index contributed by atoms with van der Waals surface area (Å²) in [5.41, 5.74) is 1.62. The van der Waals surface area contributed by atoms with Crippen molar-refractivity contribution >= 4 is 18.6 Å². The topological polar surface area (TPSA) is 79.7 Å². The second-order valence-corrected chi connectivity index (χ2v) is 4.11. The van der Waals surface area contributed by atoms with Gasteiger partial charge in [0.1, 0.15) is 0 Å². The van der Waals surface area contributed by atoms with Crippen molar-refractivity contribution in [3.8, 4) is 11.3 Å². The molecule has 0 spiro atoms. The van der Waals surface area contributed by atoms with Crippen LogP contribution in [-0.4, -0.2) is 34.7 Å². The number of ether oxygens (including phenoxy) is 1. The first-order valence-corrected chi connectivity index (χ1v) is 6.22. The number of rotatable bonds is 4. The van der Waals surface area contributed by atoms with E-state index in [4.69, 9.17) is 4.74 Å². The highest BCUT2D eigenvalue weighted by Crippen LogP contribution is 2.16. The van der Waals surface area contributed by atoms with E-state index >= 15 is 0 Å². The molecule has 0 unspecified atom stereocenters. The van der Waals surface area contributed by atoms with Gasteiger partial charge in [-0.3, -0.25) is 4.98 Å². The van der Waals surface area contributed by atoms with Crippen LogP contribution in [-0.2, 0) is 4.74 Å². The highest BCUT2D eigenvalue weighted by atomic mass is 16.5. The fraction of sp³-hybridized carbons (Fsp3) is 0.143. The Labute approximate surface area is 117 Å². The molecular weight excluding hydrogens is 257 g/mol. The van der Waals surface area contributed by atoms with Crippen LogP contribution >= 0.6 is 0 Å². The van der Waals surface area contributed by atoms with Gasteiger partial charge in [-0.2, -0.15) is 0 Å². The van der Waals surface area contributed by atoms with Crippen molar-refractivity contribution < 1.29 is 19.6 Å². The molecule has 0 saturated carbocycles. The van der Waals surface area contributed by atoms with Crippen LogP contribution in [0.3, 0.4) is 0 Å². The molecule has 0 amide bonds. The fourth-order valence-corrected chi connectivity index (χ4v) is 1.86. The lowest BCUT2D eigenvalue weighted by Crippen LogP contribution is -2.35. The lowest BCUT2D eigenvalue weighted by molar-refractivity contribution is 0.0527. The van der Waals surface area contributed by atoms with E-state index < -0.39 is 13.1 Å². The van der Waals surface area contributed by atoms with Gasteiger partial charge in [-0.25, -0.2) is 4.79 Å². The predicted octanol–water partition coefficient (Wildman–Crippen LogP) is 0.605. The van der Waals surface area contributed by atoms with Crippen molar-refractivity contribution in [3.63, 3.8) is 0 Å². The number of hydrogen-bond donors (Lipinski definition) is 2. The van der Waals surface area contributed by atoms with Gasteiger partial charge < -0.3 is 14.8 Å². The molecule has 0 fully saturated rings. The molecule has 0 aliphatic heterocycles. The zero-order valence-electron chi connectivity index (χ0n) is 11.0. The number of pyridine rings is 1. The lowest BCUT2D eigenvalue weighted by atomic mass is 9.76. The van der Waals surface area contributed by atoms with Crippen LogP contribution in [0.4, 0.5) is 0 Å². The first-order valence-electron chi connectivity index (χ1n) is 6.22. The molecule has 2 aromatic rings. The SMILES string of the molecule is CCOC(=O)c1ccc(-c2ccccn2)cc1B(O)O. The summed E-state index contributed by atoms with van der Waals surface area (Å²) in [7, 11) is -1.75. The third-order valence-electron chi connectivity index (χ3n) is 2.79. The van der Waals surface area contributed by atoms with Crippen LogP contribution in [0, 0.1) is 0 Å². The molecular formula is C14H14BNO4. The monoisotopic (exact) mass is 271 g/mol. The summed E-state index contributed by atoms with van der Waals surface area (Å²) in [4.78, 5) is 15.9. The zero-order chi connectivity index (χ0) is 14.5. The third-order valence-corrected chi connectivity index (χ3v) is 2.79. The van der Waals surface area contributed by atoms with Gasteiger partial charge in [0, 0.05) is 6.20 Å². The maximum atomic E-state index is 11.8. The van der Waals surface area contributed by atoms with Crippen molar-refractivity contribution in [2.75, 3.05) is 6.61 Å². The molecule has 0 saturated heterocycles. The summed E-state index contributed by atoms with van der Waals surface area (Å²) in [5, 5.41) is 18.8. The minimum Gasteiger partial charge on any atom is -0.462 e. The average Bonchev–Trinajstić information content (AvgIpc) is 2.47. The number of carbonyl (C=O) groups is 1. The molecule has 2 rings (SSSR count). The summed E-state index contributed by atoms with van der Waals surface area (Å²) < 4.78 is 4.89. The molecule has 102 valence electrons. The number of aromatic nitrogens is 1. The molecule has 0 aliphatic rings. The highest BCUT2D eigenvalue weighted by Gasteiger charge is 2.22. The summed E-state index contributed by atoms with van der Waals surface area (Å²) in [5.74, 6) is -0.580. The minimum atomic E-state index is -1.75. The largest absolute Gasteiger partial charge is 0.489 e. The molecule has 6 heteroatoms. The van der Waals surface area contributed by atoms with Gasteiger partial charge in [0.25, 0.3) is 0 Å². The summed E-state index contributed by atoms with van der Waals surface area (Å²) in [6.45, 7) is 1.91. The van der Waals surface area contributed by atoms with Gasteiger partial charge in [-0.05, 0) is 36.1 Å². The van der Waals surface area contributed by atoms with E-state index in [1.54, 1.807) is 31.3 Å². The van der Waals surface area contributed by atoms with E-state index in [1.807, 2.05) is 6.07 Å². The smallest absolute Gasteiger partial charge is 0.462 e. The number of carbonyl (C=O) groups excluding carboxylic acids is 1. The second kappa shape index (κ2) is 6.32. The van der Waals surface area contributed by atoms with Crippen molar-refractivity contribution in [3.05, 3.63) is 48.2 Å². The molecule has 1 aromatic heterocycles. The quantitative estimate of drug-likeness (QED) is 0.629. The zero-order valence-corrected chi connectivity index (χ0v) is 11.0. The first-order chi connectivity index (χ1) is 9.63. The Bertz CT molecular complexity index is 601. The predicted molar refractivity (Wildman–Crippen MR) is 75.5 cm³/mol. The van der Waals surface area contributed by atoms with E-state index in [9.17, 15) is 14.8 Å². The average molecular weight is 271 g/mol. The summed E-state index contributed by atoms with van der Waals surface area (Å²) in [6, 6.07) is 10.2. The number of hydrogen-bond acceptors (Lipinski definition) is 5.